The van der Waals surface area contributed by atoms with Crippen molar-refractivity contribution in [1.82, 2.24) is 5.32 Å². The smallest absolute Gasteiger partial charge is 0.311 e. The highest BCUT2D eigenvalue weighted by Crippen LogP contribution is 2.37. The molecule has 1 saturated carbocycles. The molecule has 114 valence electrons. The van der Waals surface area contributed by atoms with E-state index in [9.17, 15) is 14.7 Å². The maximum Gasteiger partial charge on any atom is 0.311 e. The van der Waals surface area contributed by atoms with Crippen LogP contribution in [-0.2, 0) is 4.79 Å². The van der Waals surface area contributed by atoms with E-state index in [-0.39, 0.29) is 12.5 Å². The summed E-state index contributed by atoms with van der Waals surface area (Å²) in [5.41, 5.74) is -0.165. The zero-order chi connectivity index (χ0) is 15.6. The first-order valence-electron chi connectivity index (χ1n) is 6.52. The lowest BCUT2D eigenvalue weighted by Gasteiger charge is -2.24. The molecule has 0 bridgehead atoms. The van der Waals surface area contributed by atoms with Crippen LogP contribution in [0.25, 0.3) is 0 Å². The molecule has 1 aromatic carbocycles. The highest BCUT2D eigenvalue weighted by Gasteiger charge is 2.41. The van der Waals surface area contributed by atoms with Gasteiger partial charge in [-0.05, 0) is 92.7 Å². The van der Waals surface area contributed by atoms with Gasteiger partial charge in [-0.25, -0.2) is 0 Å². The van der Waals surface area contributed by atoms with E-state index in [1.165, 1.54) is 0 Å². The second-order valence-electron chi connectivity index (χ2n) is 5.22. The molecular weight excluding hydrogens is 611 g/mol. The summed E-state index contributed by atoms with van der Waals surface area (Å²) < 4.78 is 2.93. The van der Waals surface area contributed by atoms with E-state index in [0.29, 0.717) is 18.4 Å². The van der Waals surface area contributed by atoms with Crippen LogP contribution in [0.1, 0.15) is 36.0 Å². The molecule has 2 N–H and O–H groups in total. The van der Waals surface area contributed by atoms with E-state index in [2.05, 4.69) is 73.1 Å². The summed E-state index contributed by atoms with van der Waals surface area (Å²) in [4.78, 5) is 23.9. The fourth-order valence-electron chi connectivity index (χ4n) is 2.58. The number of halogens is 3. The van der Waals surface area contributed by atoms with Crippen molar-refractivity contribution in [3.8, 4) is 0 Å². The Kier molecular flexibility index (Phi) is 6.14. The minimum absolute atomic E-state index is 0.191. The van der Waals surface area contributed by atoms with Crippen LogP contribution in [0, 0.1) is 16.1 Å². The molecule has 0 saturated heterocycles. The number of nitrogens with one attached hydrogen (secondary N) is 1. The van der Waals surface area contributed by atoms with Crippen LogP contribution in [0.4, 0.5) is 0 Å². The first-order chi connectivity index (χ1) is 9.85. The predicted octanol–water partition coefficient (Wildman–Crippen LogP) is 3.88. The maximum atomic E-state index is 12.4. The fraction of sp³-hybridized carbons (Fsp3) is 0.429. The Morgan fingerprint density at radius 1 is 1.19 bits per heavy atom. The summed E-state index contributed by atoms with van der Waals surface area (Å²) in [5, 5.41) is 12.3. The number of carboxylic acids is 1. The van der Waals surface area contributed by atoms with Gasteiger partial charge in [0.25, 0.3) is 5.91 Å². The van der Waals surface area contributed by atoms with Gasteiger partial charge in [0.15, 0.2) is 0 Å². The molecule has 7 heteroatoms. The van der Waals surface area contributed by atoms with Crippen LogP contribution in [0.2, 0.25) is 0 Å². The third-order valence-corrected chi connectivity index (χ3v) is 7.51. The van der Waals surface area contributed by atoms with Gasteiger partial charge in [-0.3, -0.25) is 9.59 Å². The number of carbonyl (C=O) groups excluding carboxylic acids is 1. The predicted molar refractivity (Wildman–Crippen MR) is 105 cm³/mol. The van der Waals surface area contributed by atoms with E-state index < -0.39 is 11.4 Å². The molecule has 0 radical (unpaired) electrons. The lowest BCUT2D eigenvalue weighted by atomic mass is 9.86. The van der Waals surface area contributed by atoms with Gasteiger partial charge in [-0.1, -0.05) is 12.8 Å². The molecule has 1 aliphatic rings. The standard InChI is InChI=1S/C14H14I3NO3/c15-8-5-9(11(17)10(16)6-8)12(19)18-7-14(13(20)21)3-1-2-4-14/h5-6H,1-4,7H2,(H,18,19)(H,20,21). The van der Waals surface area contributed by atoms with E-state index >= 15 is 0 Å². The van der Waals surface area contributed by atoms with Gasteiger partial charge in [0.1, 0.15) is 0 Å². The molecular formula is C14H14I3NO3. The fourth-order valence-corrected chi connectivity index (χ4v) is 4.99. The quantitative estimate of drug-likeness (QED) is 0.395. The SMILES string of the molecule is O=C(NCC1(C(=O)O)CCCC1)c1cc(I)cc(I)c1I. The minimum atomic E-state index is -0.799. The Morgan fingerprint density at radius 3 is 2.38 bits per heavy atom. The number of hydrogen-bond acceptors (Lipinski definition) is 2. The average Bonchev–Trinajstić information content (AvgIpc) is 2.90. The van der Waals surface area contributed by atoms with E-state index in [4.69, 9.17) is 0 Å². The first kappa shape index (κ1) is 17.7. The summed E-state index contributed by atoms with van der Waals surface area (Å²) in [5.74, 6) is -0.990. The molecule has 2 rings (SSSR count). The summed E-state index contributed by atoms with van der Waals surface area (Å²) in [7, 11) is 0. The molecule has 1 fully saturated rings. The van der Waals surface area contributed by atoms with Crippen LogP contribution in [0.5, 0.6) is 0 Å². The minimum Gasteiger partial charge on any atom is -0.481 e. The molecule has 4 nitrogen and oxygen atoms in total. The van der Waals surface area contributed by atoms with Crippen molar-refractivity contribution >= 4 is 79.6 Å². The molecule has 0 spiro atoms. The van der Waals surface area contributed by atoms with Crippen molar-refractivity contribution in [3.05, 3.63) is 28.4 Å². The van der Waals surface area contributed by atoms with Gasteiger partial charge in [0.2, 0.25) is 0 Å². The zero-order valence-corrected chi connectivity index (χ0v) is 17.6. The lowest BCUT2D eigenvalue weighted by molar-refractivity contribution is -0.148. The topological polar surface area (TPSA) is 66.4 Å². The molecule has 0 atom stereocenters. The van der Waals surface area contributed by atoms with E-state index in [0.717, 1.165) is 23.6 Å². The summed E-state index contributed by atoms with van der Waals surface area (Å²) in [6.07, 6.45) is 3.12. The maximum absolute atomic E-state index is 12.4. The van der Waals surface area contributed by atoms with Gasteiger partial charge in [0.05, 0.1) is 11.0 Å². The van der Waals surface area contributed by atoms with Crippen LogP contribution >= 0.6 is 67.8 Å². The number of amides is 1. The molecule has 0 aromatic heterocycles. The van der Waals surface area contributed by atoms with Crippen molar-refractivity contribution < 1.29 is 14.7 Å². The Balaban J connectivity index is 2.14. The van der Waals surface area contributed by atoms with Crippen molar-refractivity contribution in [2.75, 3.05) is 6.54 Å². The zero-order valence-electron chi connectivity index (χ0n) is 11.1. The Bertz CT molecular complexity index is 583. The van der Waals surface area contributed by atoms with Crippen LogP contribution < -0.4 is 5.32 Å². The summed E-state index contributed by atoms with van der Waals surface area (Å²) in [6.45, 7) is 0.208. The third-order valence-electron chi connectivity index (χ3n) is 3.84. The monoisotopic (exact) mass is 625 g/mol. The van der Waals surface area contributed by atoms with Crippen LogP contribution in [0.3, 0.4) is 0 Å². The number of aliphatic carboxylic acids is 1. The van der Waals surface area contributed by atoms with Gasteiger partial charge in [-0.2, -0.15) is 0 Å². The lowest BCUT2D eigenvalue weighted by Crippen LogP contribution is -2.41. The Morgan fingerprint density at radius 2 is 1.81 bits per heavy atom. The highest BCUT2D eigenvalue weighted by atomic mass is 127. The average molecular weight is 625 g/mol. The van der Waals surface area contributed by atoms with E-state index in [1.807, 2.05) is 12.1 Å². The van der Waals surface area contributed by atoms with Gasteiger partial charge in [-0.15, -0.1) is 0 Å². The number of rotatable bonds is 4. The summed E-state index contributed by atoms with van der Waals surface area (Å²) >= 11 is 6.53. The van der Waals surface area contributed by atoms with Gasteiger partial charge >= 0.3 is 5.97 Å². The Hall–Kier alpha value is 0.350. The molecule has 0 unspecified atom stereocenters. The van der Waals surface area contributed by atoms with E-state index in [1.54, 1.807) is 0 Å². The highest BCUT2D eigenvalue weighted by molar-refractivity contribution is 14.1. The number of hydrogen-bond donors (Lipinski definition) is 2. The molecule has 0 heterocycles. The van der Waals surface area contributed by atoms with Crippen LogP contribution in [0.15, 0.2) is 12.1 Å². The number of carbonyl (C=O) groups is 2. The van der Waals surface area contributed by atoms with Gasteiger partial charge in [0, 0.05) is 17.3 Å². The summed E-state index contributed by atoms with van der Waals surface area (Å²) in [6, 6.07) is 3.84. The van der Waals surface area contributed by atoms with Gasteiger partial charge < -0.3 is 10.4 Å². The molecule has 1 amide bonds. The Labute approximate surface area is 164 Å². The van der Waals surface area contributed by atoms with Crippen molar-refractivity contribution in [2.24, 2.45) is 5.41 Å². The molecule has 0 aliphatic heterocycles. The van der Waals surface area contributed by atoms with Crippen molar-refractivity contribution in [2.45, 2.75) is 25.7 Å². The normalized spacial score (nSPS) is 16.7. The number of carboxylic acid groups (broad SMARTS) is 1. The number of benzene rings is 1. The second-order valence-corrected chi connectivity index (χ2v) is 8.71. The first-order valence-corrected chi connectivity index (χ1v) is 9.75. The largest absolute Gasteiger partial charge is 0.481 e. The molecule has 21 heavy (non-hydrogen) atoms. The second kappa shape index (κ2) is 7.28. The molecule has 1 aromatic rings. The van der Waals surface area contributed by atoms with Crippen molar-refractivity contribution in [3.63, 3.8) is 0 Å². The third kappa shape index (κ3) is 4.01. The van der Waals surface area contributed by atoms with Crippen LogP contribution in [-0.4, -0.2) is 23.5 Å². The van der Waals surface area contributed by atoms with Crippen molar-refractivity contribution in [1.29, 1.82) is 0 Å². The molecule has 1 aliphatic carbocycles.